The molecule has 0 atom stereocenters. The Kier molecular flexibility index (Phi) is 9.77. The molecule has 0 spiro atoms. The van der Waals surface area contributed by atoms with E-state index in [1.807, 2.05) is 43.3 Å². The number of halogens is 4. The van der Waals surface area contributed by atoms with E-state index in [2.05, 4.69) is 9.80 Å². The molecule has 4 aromatic rings. The van der Waals surface area contributed by atoms with Gasteiger partial charge in [0.2, 0.25) is 0 Å². The van der Waals surface area contributed by atoms with Crippen LogP contribution in [0.2, 0.25) is 5.02 Å². The summed E-state index contributed by atoms with van der Waals surface area (Å²) in [6.07, 6.45) is -2.97. The lowest BCUT2D eigenvalue weighted by Crippen LogP contribution is -2.46. The van der Waals surface area contributed by atoms with E-state index < -0.39 is 23.3 Å². The number of benzene rings is 3. The fourth-order valence-corrected chi connectivity index (χ4v) is 6.41. The van der Waals surface area contributed by atoms with Crippen molar-refractivity contribution in [2.45, 2.75) is 51.9 Å². The molecule has 11 heteroatoms. The maximum Gasteiger partial charge on any atom is 0.416 e. The molecular formula is C34H35ClF3N3O3S. The third-order valence-electron chi connectivity index (χ3n) is 7.94. The van der Waals surface area contributed by atoms with E-state index in [0.717, 1.165) is 72.1 Å². The van der Waals surface area contributed by atoms with Crippen molar-refractivity contribution in [1.29, 1.82) is 0 Å². The van der Waals surface area contributed by atoms with E-state index in [-0.39, 0.29) is 0 Å². The Bertz CT molecular complexity index is 1630. The number of ether oxygens (including phenoxy) is 1. The Morgan fingerprint density at radius 1 is 0.978 bits per heavy atom. The number of hydrogen-bond acceptors (Lipinski definition) is 6. The quantitative estimate of drug-likeness (QED) is 0.186. The van der Waals surface area contributed by atoms with Gasteiger partial charge >= 0.3 is 12.1 Å². The Morgan fingerprint density at radius 3 is 2.24 bits per heavy atom. The number of alkyl halides is 3. The summed E-state index contributed by atoms with van der Waals surface area (Å²) in [5.74, 6) is -0.522. The van der Waals surface area contributed by atoms with Gasteiger partial charge in [-0.15, -0.1) is 11.3 Å². The fourth-order valence-electron chi connectivity index (χ4n) is 5.21. The molecule has 6 nitrogen and oxygen atoms in total. The van der Waals surface area contributed by atoms with E-state index in [1.165, 1.54) is 37.3 Å². The van der Waals surface area contributed by atoms with Crippen LogP contribution in [0.4, 0.5) is 18.9 Å². The molecule has 5 rings (SSSR count). The van der Waals surface area contributed by atoms with Crippen LogP contribution in [0.3, 0.4) is 0 Å². The molecule has 0 radical (unpaired) electrons. The predicted molar refractivity (Wildman–Crippen MR) is 172 cm³/mol. The summed E-state index contributed by atoms with van der Waals surface area (Å²) < 4.78 is 45.3. The van der Waals surface area contributed by atoms with Gasteiger partial charge in [-0.25, -0.2) is 9.78 Å². The number of aliphatic carboxylic acids is 1. The van der Waals surface area contributed by atoms with Crippen LogP contribution in [0, 0.1) is 6.92 Å². The van der Waals surface area contributed by atoms with Crippen molar-refractivity contribution in [3.63, 3.8) is 0 Å². The third-order valence-corrected chi connectivity index (χ3v) is 9.39. The van der Waals surface area contributed by atoms with Crippen LogP contribution in [-0.2, 0) is 30.4 Å². The minimum atomic E-state index is -4.39. The van der Waals surface area contributed by atoms with Gasteiger partial charge in [0.1, 0.15) is 10.8 Å². The summed E-state index contributed by atoms with van der Waals surface area (Å²) in [5, 5.41) is 10.8. The normalized spacial score (nSPS) is 14.5. The topological polar surface area (TPSA) is 65.9 Å². The average Bonchev–Trinajstić information content (AvgIpc) is 3.40. The highest BCUT2D eigenvalue weighted by Crippen LogP contribution is 2.34. The molecule has 0 saturated carbocycles. The molecule has 1 aromatic heterocycles. The maximum atomic E-state index is 13.2. The first-order chi connectivity index (χ1) is 21.3. The zero-order valence-electron chi connectivity index (χ0n) is 25.3. The standard InChI is InChI=1S/C34H35ClF3N3O3S/c1-22-20-23(4-14-29(22)44-33(2,3)32(42)43)5-15-30-28(39-31(45-30)24-6-8-25(9-7-24)34(36,37)38)21-40-16-18-41(19-17-40)27-12-10-26(35)11-13-27/h4,6-14,20H,5,15-19,21H2,1-3H3,(H,42,43). The van der Waals surface area contributed by atoms with Crippen LogP contribution in [0.15, 0.2) is 66.7 Å². The molecule has 0 bridgehead atoms. The second-order valence-electron chi connectivity index (χ2n) is 11.7. The van der Waals surface area contributed by atoms with Crippen molar-refractivity contribution in [2.75, 3.05) is 31.1 Å². The Hall–Kier alpha value is -3.60. The first-order valence-corrected chi connectivity index (χ1v) is 15.9. The highest BCUT2D eigenvalue weighted by molar-refractivity contribution is 7.15. The van der Waals surface area contributed by atoms with Crippen molar-refractivity contribution >= 4 is 34.6 Å². The zero-order valence-corrected chi connectivity index (χ0v) is 26.9. The number of thiazole rings is 1. The molecule has 1 aliphatic rings. The van der Waals surface area contributed by atoms with Crippen LogP contribution in [0.5, 0.6) is 5.75 Å². The van der Waals surface area contributed by atoms with Gasteiger partial charge in [-0.1, -0.05) is 35.9 Å². The number of carboxylic acid groups (broad SMARTS) is 1. The molecule has 238 valence electrons. The molecule has 0 amide bonds. The van der Waals surface area contributed by atoms with Gasteiger partial charge < -0.3 is 14.7 Å². The van der Waals surface area contributed by atoms with Gasteiger partial charge in [0, 0.05) is 53.9 Å². The number of rotatable bonds is 10. The van der Waals surface area contributed by atoms with E-state index in [4.69, 9.17) is 21.3 Å². The molecule has 2 heterocycles. The van der Waals surface area contributed by atoms with E-state index in [0.29, 0.717) is 34.3 Å². The van der Waals surface area contributed by atoms with Crippen LogP contribution in [0.25, 0.3) is 10.6 Å². The SMILES string of the molecule is Cc1cc(CCc2sc(-c3ccc(C(F)(F)F)cc3)nc2CN2CCN(c3ccc(Cl)cc3)CC2)ccc1OC(C)(C)C(=O)O. The second kappa shape index (κ2) is 13.4. The van der Waals surface area contributed by atoms with Crippen molar-refractivity contribution in [2.24, 2.45) is 0 Å². The van der Waals surface area contributed by atoms with Gasteiger partial charge in [0.15, 0.2) is 5.60 Å². The molecular weight excluding hydrogens is 623 g/mol. The smallest absolute Gasteiger partial charge is 0.416 e. The highest BCUT2D eigenvalue weighted by Gasteiger charge is 2.31. The van der Waals surface area contributed by atoms with E-state index in [1.54, 1.807) is 6.07 Å². The number of piperazine rings is 1. The van der Waals surface area contributed by atoms with Gasteiger partial charge in [-0.2, -0.15) is 13.2 Å². The number of anilines is 1. The minimum absolute atomic E-state index is 0.520. The lowest BCUT2D eigenvalue weighted by atomic mass is 10.0. The van der Waals surface area contributed by atoms with Gasteiger partial charge in [-0.3, -0.25) is 4.90 Å². The van der Waals surface area contributed by atoms with Crippen molar-refractivity contribution in [3.05, 3.63) is 99.0 Å². The van der Waals surface area contributed by atoms with Crippen LogP contribution in [0.1, 0.15) is 41.1 Å². The summed E-state index contributed by atoms with van der Waals surface area (Å²) >= 11 is 7.58. The predicted octanol–water partition coefficient (Wildman–Crippen LogP) is 8.14. The number of aromatic nitrogens is 1. The first kappa shape index (κ1) is 32.8. The monoisotopic (exact) mass is 657 g/mol. The van der Waals surface area contributed by atoms with Crippen molar-refractivity contribution < 1.29 is 27.8 Å². The molecule has 1 aliphatic heterocycles. The number of hydrogen-bond donors (Lipinski definition) is 1. The summed E-state index contributed by atoms with van der Waals surface area (Å²) in [4.78, 5) is 22.2. The largest absolute Gasteiger partial charge is 0.478 e. The summed E-state index contributed by atoms with van der Waals surface area (Å²) in [6, 6.07) is 18.8. The molecule has 1 N–H and O–H groups in total. The van der Waals surface area contributed by atoms with Crippen molar-refractivity contribution in [3.8, 4) is 16.3 Å². The van der Waals surface area contributed by atoms with Crippen molar-refractivity contribution in [1.82, 2.24) is 9.88 Å². The number of nitrogens with zero attached hydrogens (tertiary/aromatic N) is 3. The molecule has 0 aliphatic carbocycles. The fraction of sp³-hybridized carbons (Fsp3) is 0.353. The molecule has 45 heavy (non-hydrogen) atoms. The highest BCUT2D eigenvalue weighted by atomic mass is 35.5. The molecule has 3 aromatic carbocycles. The summed E-state index contributed by atoms with van der Waals surface area (Å²) in [7, 11) is 0. The Balaban J connectivity index is 1.32. The van der Waals surface area contributed by atoms with Gasteiger partial charge in [0.05, 0.1) is 11.3 Å². The second-order valence-corrected chi connectivity index (χ2v) is 13.2. The third kappa shape index (κ3) is 8.17. The Labute approximate surface area is 270 Å². The first-order valence-electron chi connectivity index (χ1n) is 14.7. The van der Waals surface area contributed by atoms with E-state index >= 15 is 0 Å². The van der Waals surface area contributed by atoms with E-state index in [9.17, 15) is 23.1 Å². The summed E-state index contributed by atoms with van der Waals surface area (Å²) in [6.45, 7) is 8.99. The average molecular weight is 658 g/mol. The molecule has 1 saturated heterocycles. The number of carboxylic acids is 1. The van der Waals surface area contributed by atoms with Crippen LogP contribution >= 0.6 is 22.9 Å². The number of carbonyl (C=O) groups is 1. The van der Waals surface area contributed by atoms with Gasteiger partial charge in [0.25, 0.3) is 0 Å². The lowest BCUT2D eigenvalue weighted by molar-refractivity contribution is -0.152. The zero-order chi connectivity index (χ0) is 32.4. The number of aryl methyl sites for hydroxylation is 3. The lowest BCUT2D eigenvalue weighted by Gasteiger charge is -2.36. The minimum Gasteiger partial charge on any atom is -0.478 e. The summed E-state index contributed by atoms with van der Waals surface area (Å²) in [5.41, 5.74) is 2.61. The maximum absolute atomic E-state index is 13.2. The molecule has 1 fully saturated rings. The molecule has 0 unspecified atom stereocenters. The van der Waals surface area contributed by atoms with Crippen LogP contribution in [-0.4, -0.2) is 52.7 Å². The Morgan fingerprint density at radius 2 is 1.64 bits per heavy atom. The van der Waals surface area contributed by atoms with Gasteiger partial charge in [-0.05, 0) is 87.2 Å². The van der Waals surface area contributed by atoms with Crippen LogP contribution < -0.4 is 9.64 Å².